The zero-order chi connectivity index (χ0) is 11.1. The molecule has 0 aromatic carbocycles. The van der Waals surface area contributed by atoms with E-state index < -0.39 is 5.60 Å². The summed E-state index contributed by atoms with van der Waals surface area (Å²) in [4.78, 5) is 11.5. The molecule has 2 N–H and O–H groups in total. The fraction of sp³-hybridized carbons (Fsp3) is 0.909. The van der Waals surface area contributed by atoms with Gasteiger partial charge in [0, 0.05) is 24.5 Å². The molecule has 2 fully saturated rings. The topological polar surface area (TPSA) is 50.4 Å². The van der Waals surface area contributed by atoms with Crippen molar-refractivity contribution in [3.8, 4) is 0 Å². The van der Waals surface area contributed by atoms with Crippen LogP contribution in [0.5, 0.6) is 0 Å². The molecule has 86 valence electrons. The Bertz CT molecular complexity index is 261. The minimum absolute atomic E-state index is 0.279. The minimum atomic E-state index is -0.404. The van der Waals surface area contributed by atoms with Crippen molar-refractivity contribution in [1.82, 2.24) is 10.6 Å². The monoisotopic (exact) mass is 212 g/mol. The van der Waals surface area contributed by atoms with Crippen molar-refractivity contribution >= 4 is 6.09 Å². The van der Waals surface area contributed by atoms with Gasteiger partial charge in [-0.2, -0.15) is 0 Å². The van der Waals surface area contributed by atoms with E-state index in [-0.39, 0.29) is 6.09 Å². The van der Waals surface area contributed by atoms with Crippen LogP contribution in [-0.4, -0.2) is 30.8 Å². The molecule has 0 radical (unpaired) electrons. The largest absolute Gasteiger partial charge is 0.444 e. The Labute approximate surface area is 90.8 Å². The lowest BCUT2D eigenvalue weighted by atomic mass is 9.60. The predicted octanol–water partition coefficient (Wildman–Crippen LogP) is 1.26. The van der Waals surface area contributed by atoms with Crippen LogP contribution in [0.15, 0.2) is 0 Å². The standard InChI is InChI=1S/C11H20N2O2/c1-10(2,3)15-9(14)13-8-4-5-11(8)6-12-7-11/h8,12H,4-7H2,1-3H3,(H,13,14)/t8-/m1/s1. The molecule has 1 amide bonds. The molecular weight excluding hydrogens is 192 g/mol. The van der Waals surface area contributed by atoms with Crippen molar-refractivity contribution in [2.45, 2.75) is 45.3 Å². The van der Waals surface area contributed by atoms with Gasteiger partial charge >= 0.3 is 6.09 Å². The van der Waals surface area contributed by atoms with Gasteiger partial charge in [-0.15, -0.1) is 0 Å². The number of carbonyl (C=O) groups is 1. The van der Waals surface area contributed by atoms with Crippen LogP contribution in [0, 0.1) is 5.41 Å². The van der Waals surface area contributed by atoms with Gasteiger partial charge in [-0.25, -0.2) is 4.79 Å². The van der Waals surface area contributed by atoms with Crippen LogP contribution in [0.1, 0.15) is 33.6 Å². The van der Waals surface area contributed by atoms with Crippen molar-refractivity contribution in [2.75, 3.05) is 13.1 Å². The summed E-state index contributed by atoms with van der Waals surface area (Å²) in [6.07, 6.45) is 2.03. The first-order chi connectivity index (χ1) is 6.91. The van der Waals surface area contributed by atoms with E-state index in [0.29, 0.717) is 11.5 Å². The van der Waals surface area contributed by atoms with Gasteiger partial charge in [-0.1, -0.05) is 0 Å². The third-order valence-corrected chi connectivity index (χ3v) is 3.32. The Morgan fingerprint density at radius 2 is 2.13 bits per heavy atom. The Morgan fingerprint density at radius 1 is 1.47 bits per heavy atom. The average molecular weight is 212 g/mol. The van der Waals surface area contributed by atoms with Crippen molar-refractivity contribution in [1.29, 1.82) is 0 Å². The van der Waals surface area contributed by atoms with E-state index in [0.717, 1.165) is 19.5 Å². The Morgan fingerprint density at radius 3 is 2.47 bits per heavy atom. The van der Waals surface area contributed by atoms with Crippen LogP contribution in [0.2, 0.25) is 0 Å². The molecule has 1 spiro atoms. The number of nitrogens with one attached hydrogen (secondary N) is 2. The average Bonchev–Trinajstić information content (AvgIpc) is 1.91. The SMILES string of the molecule is CC(C)(C)OC(=O)N[C@@H]1CCC12CNC2. The molecular formula is C11H20N2O2. The molecule has 4 heteroatoms. The number of rotatable bonds is 1. The van der Waals surface area contributed by atoms with Gasteiger partial charge in [0.1, 0.15) is 5.60 Å². The summed E-state index contributed by atoms with van der Waals surface area (Å²) in [6, 6.07) is 0.314. The van der Waals surface area contributed by atoms with E-state index in [1.54, 1.807) is 0 Å². The Balaban J connectivity index is 1.80. The molecule has 1 heterocycles. The van der Waals surface area contributed by atoms with Crippen molar-refractivity contribution in [3.63, 3.8) is 0 Å². The van der Waals surface area contributed by atoms with Gasteiger partial charge in [0.05, 0.1) is 0 Å². The molecule has 0 aromatic heterocycles. The summed E-state index contributed by atoms with van der Waals surface area (Å²) in [7, 11) is 0. The van der Waals surface area contributed by atoms with Crippen molar-refractivity contribution in [2.24, 2.45) is 5.41 Å². The Hall–Kier alpha value is -0.770. The van der Waals surface area contributed by atoms with E-state index in [2.05, 4.69) is 10.6 Å². The first-order valence-electron chi connectivity index (χ1n) is 5.62. The normalized spacial score (nSPS) is 27.8. The summed E-state index contributed by atoms with van der Waals surface area (Å²) in [6.45, 7) is 7.72. The number of hydrogen-bond donors (Lipinski definition) is 2. The first kappa shape index (κ1) is 10.7. The minimum Gasteiger partial charge on any atom is -0.444 e. The molecule has 1 saturated heterocycles. The molecule has 1 aliphatic carbocycles. The van der Waals surface area contributed by atoms with Crippen molar-refractivity contribution < 1.29 is 9.53 Å². The highest BCUT2D eigenvalue weighted by molar-refractivity contribution is 5.68. The molecule has 4 nitrogen and oxygen atoms in total. The lowest BCUT2D eigenvalue weighted by molar-refractivity contribution is -0.00548. The van der Waals surface area contributed by atoms with Crippen LogP contribution in [0.4, 0.5) is 4.79 Å². The quantitative estimate of drug-likeness (QED) is 0.688. The van der Waals surface area contributed by atoms with Crippen LogP contribution in [0.25, 0.3) is 0 Å². The van der Waals surface area contributed by atoms with E-state index >= 15 is 0 Å². The second-order valence-corrected chi connectivity index (χ2v) is 5.70. The van der Waals surface area contributed by atoms with Gasteiger partial charge in [-0.05, 0) is 33.6 Å². The lowest BCUT2D eigenvalue weighted by Crippen LogP contribution is -2.69. The predicted molar refractivity (Wildman–Crippen MR) is 57.7 cm³/mol. The van der Waals surface area contributed by atoms with Crippen LogP contribution in [-0.2, 0) is 4.74 Å². The third kappa shape index (κ3) is 2.09. The summed E-state index contributed by atoms with van der Waals surface area (Å²) >= 11 is 0. The maximum absolute atomic E-state index is 11.5. The summed E-state index contributed by atoms with van der Waals surface area (Å²) < 4.78 is 5.24. The summed E-state index contributed by atoms with van der Waals surface area (Å²) in [5.41, 5.74) is -0.0598. The van der Waals surface area contributed by atoms with Gasteiger partial charge in [0.15, 0.2) is 0 Å². The first-order valence-corrected chi connectivity index (χ1v) is 5.62. The second-order valence-electron chi connectivity index (χ2n) is 5.70. The van der Waals surface area contributed by atoms with Crippen LogP contribution in [0.3, 0.4) is 0 Å². The Kier molecular flexibility index (Phi) is 2.41. The zero-order valence-corrected chi connectivity index (χ0v) is 9.72. The van der Waals surface area contributed by atoms with E-state index in [9.17, 15) is 4.79 Å². The fourth-order valence-corrected chi connectivity index (χ4v) is 2.24. The highest BCUT2D eigenvalue weighted by Crippen LogP contribution is 2.44. The highest BCUT2D eigenvalue weighted by Gasteiger charge is 2.51. The maximum Gasteiger partial charge on any atom is 0.407 e. The lowest BCUT2D eigenvalue weighted by Gasteiger charge is -2.56. The third-order valence-electron chi connectivity index (χ3n) is 3.32. The zero-order valence-electron chi connectivity index (χ0n) is 9.72. The molecule has 1 saturated carbocycles. The van der Waals surface area contributed by atoms with Crippen molar-refractivity contribution in [3.05, 3.63) is 0 Å². The molecule has 2 rings (SSSR count). The van der Waals surface area contributed by atoms with Crippen LogP contribution < -0.4 is 10.6 Å². The number of amides is 1. The fourth-order valence-electron chi connectivity index (χ4n) is 2.24. The summed E-state index contributed by atoms with van der Waals surface area (Å²) in [5.74, 6) is 0. The van der Waals surface area contributed by atoms with Gasteiger partial charge in [-0.3, -0.25) is 0 Å². The molecule has 0 aromatic rings. The van der Waals surface area contributed by atoms with E-state index in [1.165, 1.54) is 6.42 Å². The molecule has 15 heavy (non-hydrogen) atoms. The second kappa shape index (κ2) is 3.37. The van der Waals surface area contributed by atoms with Crippen LogP contribution >= 0.6 is 0 Å². The molecule has 0 unspecified atom stereocenters. The number of hydrogen-bond acceptors (Lipinski definition) is 3. The smallest absolute Gasteiger partial charge is 0.407 e. The molecule has 2 aliphatic rings. The van der Waals surface area contributed by atoms with E-state index in [4.69, 9.17) is 4.74 Å². The molecule has 0 bridgehead atoms. The maximum atomic E-state index is 11.5. The molecule has 1 atom stereocenters. The number of ether oxygens (including phenoxy) is 1. The number of carbonyl (C=O) groups excluding carboxylic acids is 1. The van der Waals surface area contributed by atoms with Gasteiger partial charge in [0.2, 0.25) is 0 Å². The molecule has 1 aliphatic heterocycles. The summed E-state index contributed by atoms with van der Waals surface area (Å²) in [5, 5.41) is 6.23. The van der Waals surface area contributed by atoms with E-state index in [1.807, 2.05) is 20.8 Å². The van der Waals surface area contributed by atoms with Gasteiger partial charge < -0.3 is 15.4 Å². The number of alkyl carbamates (subject to hydrolysis) is 1. The van der Waals surface area contributed by atoms with Gasteiger partial charge in [0.25, 0.3) is 0 Å². The highest BCUT2D eigenvalue weighted by atomic mass is 16.6.